The topological polar surface area (TPSA) is 46.3 Å². The van der Waals surface area contributed by atoms with Gasteiger partial charge in [0.05, 0.1) is 0 Å². The summed E-state index contributed by atoms with van der Waals surface area (Å²) in [6.45, 7) is 1.87. The SMILES string of the molecule is Cc1oc2ccccc2c1C(O)c1cccnc1. The number of furan rings is 1. The zero-order valence-corrected chi connectivity index (χ0v) is 10.00. The predicted octanol–water partition coefficient (Wildman–Crippen LogP) is 3.22. The first kappa shape index (κ1) is 11.0. The molecule has 0 amide bonds. The Morgan fingerprint density at radius 1 is 1.17 bits per heavy atom. The lowest BCUT2D eigenvalue weighted by atomic mass is 10.0. The van der Waals surface area contributed by atoms with E-state index in [1.165, 1.54) is 0 Å². The molecule has 0 spiro atoms. The maximum atomic E-state index is 10.5. The third-order valence-electron chi connectivity index (χ3n) is 3.09. The van der Waals surface area contributed by atoms with Crippen molar-refractivity contribution in [1.29, 1.82) is 0 Å². The zero-order valence-electron chi connectivity index (χ0n) is 10.00. The van der Waals surface area contributed by atoms with Crippen molar-refractivity contribution in [2.75, 3.05) is 0 Å². The van der Waals surface area contributed by atoms with Crippen LogP contribution in [0, 0.1) is 6.92 Å². The summed E-state index contributed by atoms with van der Waals surface area (Å²) >= 11 is 0. The van der Waals surface area contributed by atoms with Crippen LogP contribution in [0.2, 0.25) is 0 Å². The Balaban J connectivity index is 2.17. The van der Waals surface area contributed by atoms with Gasteiger partial charge in [-0.05, 0) is 19.1 Å². The highest BCUT2D eigenvalue weighted by molar-refractivity contribution is 5.83. The number of para-hydroxylation sites is 1. The third kappa shape index (κ3) is 1.69. The Bertz CT molecular complexity index is 673. The van der Waals surface area contributed by atoms with Crippen molar-refractivity contribution in [3.63, 3.8) is 0 Å². The molecular weight excluding hydrogens is 226 g/mol. The molecule has 1 N–H and O–H groups in total. The van der Waals surface area contributed by atoms with Gasteiger partial charge in [0.15, 0.2) is 0 Å². The number of pyridine rings is 1. The predicted molar refractivity (Wildman–Crippen MR) is 69.2 cm³/mol. The van der Waals surface area contributed by atoms with Crippen LogP contribution >= 0.6 is 0 Å². The minimum absolute atomic E-state index is 0.706. The van der Waals surface area contributed by atoms with Crippen LogP contribution in [0.5, 0.6) is 0 Å². The maximum Gasteiger partial charge on any atom is 0.134 e. The van der Waals surface area contributed by atoms with Crippen LogP contribution < -0.4 is 0 Å². The normalized spacial score (nSPS) is 12.8. The van der Waals surface area contributed by atoms with Crippen LogP contribution in [-0.2, 0) is 0 Å². The Morgan fingerprint density at radius 2 is 2.00 bits per heavy atom. The molecule has 2 aromatic heterocycles. The molecule has 3 aromatic rings. The molecule has 2 heterocycles. The Morgan fingerprint density at radius 3 is 2.78 bits per heavy atom. The molecule has 0 aliphatic carbocycles. The van der Waals surface area contributed by atoms with E-state index in [-0.39, 0.29) is 0 Å². The van der Waals surface area contributed by atoms with Gasteiger partial charge in [-0.1, -0.05) is 24.3 Å². The molecule has 3 nitrogen and oxygen atoms in total. The van der Waals surface area contributed by atoms with Crippen molar-refractivity contribution in [2.45, 2.75) is 13.0 Å². The molecule has 0 bridgehead atoms. The average Bonchev–Trinajstić information content (AvgIpc) is 2.75. The summed E-state index contributed by atoms with van der Waals surface area (Å²) in [5.74, 6) is 0.743. The fourth-order valence-electron chi connectivity index (χ4n) is 2.23. The Kier molecular flexibility index (Phi) is 2.61. The van der Waals surface area contributed by atoms with E-state index in [0.29, 0.717) is 0 Å². The zero-order chi connectivity index (χ0) is 12.5. The van der Waals surface area contributed by atoms with E-state index in [2.05, 4.69) is 4.98 Å². The molecule has 0 saturated heterocycles. The number of nitrogens with zero attached hydrogens (tertiary/aromatic N) is 1. The minimum atomic E-state index is -0.706. The molecule has 1 aromatic carbocycles. The lowest BCUT2D eigenvalue weighted by Crippen LogP contribution is -2.00. The highest BCUT2D eigenvalue weighted by atomic mass is 16.3. The van der Waals surface area contributed by atoms with Crippen molar-refractivity contribution in [2.24, 2.45) is 0 Å². The van der Waals surface area contributed by atoms with Gasteiger partial charge in [0.2, 0.25) is 0 Å². The third-order valence-corrected chi connectivity index (χ3v) is 3.09. The Hall–Kier alpha value is -2.13. The van der Waals surface area contributed by atoms with E-state index in [9.17, 15) is 5.11 Å². The summed E-state index contributed by atoms with van der Waals surface area (Å²) in [6.07, 6.45) is 2.66. The first-order valence-electron chi connectivity index (χ1n) is 5.83. The highest BCUT2D eigenvalue weighted by Crippen LogP contribution is 2.33. The van der Waals surface area contributed by atoms with Crippen LogP contribution in [0.25, 0.3) is 11.0 Å². The standard InChI is InChI=1S/C15H13NO2/c1-10-14(12-6-2-3-7-13(12)18-10)15(17)11-5-4-8-16-9-11/h2-9,15,17H,1H3. The van der Waals surface area contributed by atoms with Crippen molar-refractivity contribution >= 4 is 11.0 Å². The second-order valence-corrected chi connectivity index (χ2v) is 4.26. The van der Waals surface area contributed by atoms with Gasteiger partial charge < -0.3 is 9.52 Å². The van der Waals surface area contributed by atoms with E-state index >= 15 is 0 Å². The number of aliphatic hydroxyl groups is 1. The lowest BCUT2D eigenvalue weighted by molar-refractivity contribution is 0.219. The van der Waals surface area contributed by atoms with Gasteiger partial charge in [-0.2, -0.15) is 0 Å². The number of fused-ring (bicyclic) bond motifs is 1. The smallest absolute Gasteiger partial charge is 0.134 e. The van der Waals surface area contributed by atoms with Crippen LogP contribution in [0.3, 0.4) is 0 Å². The summed E-state index contributed by atoms with van der Waals surface area (Å²) in [6, 6.07) is 11.4. The summed E-state index contributed by atoms with van der Waals surface area (Å²) in [7, 11) is 0. The van der Waals surface area contributed by atoms with Gasteiger partial charge >= 0.3 is 0 Å². The summed E-state index contributed by atoms with van der Waals surface area (Å²) in [5, 5.41) is 11.4. The van der Waals surface area contributed by atoms with Gasteiger partial charge in [0.25, 0.3) is 0 Å². The van der Waals surface area contributed by atoms with Gasteiger partial charge in [-0.15, -0.1) is 0 Å². The highest BCUT2D eigenvalue weighted by Gasteiger charge is 2.19. The lowest BCUT2D eigenvalue weighted by Gasteiger charge is -2.10. The van der Waals surface area contributed by atoms with E-state index in [0.717, 1.165) is 27.9 Å². The van der Waals surface area contributed by atoms with Crippen molar-refractivity contribution < 1.29 is 9.52 Å². The fraction of sp³-hybridized carbons (Fsp3) is 0.133. The van der Waals surface area contributed by atoms with Crippen LogP contribution in [-0.4, -0.2) is 10.1 Å². The van der Waals surface area contributed by atoms with Crippen LogP contribution in [0.15, 0.2) is 53.2 Å². The second-order valence-electron chi connectivity index (χ2n) is 4.26. The number of hydrogen-bond acceptors (Lipinski definition) is 3. The number of aryl methyl sites for hydroxylation is 1. The molecule has 0 aliphatic heterocycles. The number of rotatable bonds is 2. The molecule has 18 heavy (non-hydrogen) atoms. The van der Waals surface area contributed by atoms with Gasteiger partial charge in [-0.3, -0.25) is 4.98 Å². The van der Waals surface area contributed by atoms with E-state index in [4.69, 9.17) is 4.42 Å². The minimum Gasteiger partial charge on any atom is -0.461 e. The number of hydrogen-bond donors (Lipinski definition) is 1. The van der Waals surface area contributed by atoms with E-state index in [1.807, 2.05) is 43.3 Å². The molecule has 0 aliphatic rings. The fourth-order valence-corrected chi connectivity index (χ4v) is 2.23. The molecule has 0 saturated carbocycles. The first-order valence-corrected chi connectivity index (χ1v) is 5.83. The monoisotopic (exact) mass is 239 g/mol. The second kappa shape index (κ2) is 4.27. The van der Waals surface area contributed by atoms with E-state index < -0.39 is 6.10 Å². The quantitative estimate of drug-likeness (QED) is 0.746. The Labute approximate surface area is 105 Å². The number of aliphatic hydroxyl groups excluding tert-OH is 1. The number of benzene rings is 1. The molecule has 1 unspecified atom stereocenters. The van der Waals surface area contributed by atoms with Gasteiger partial charge in [-0.25, -0.2) is 0 Å². The largest absolute Gasteiger partial charge is 0.461 e. The van der Waals surface area contributed by atoms with Crippen molar-refractivity contribution in [3.8, 4) is 0 Å². The molecule has 0 radical (unpaired) electrons. The maximum absolute atomic E-state index is 10.5. The molecule has 3 heteroatoms. The van der Waals surface area contributed by atoms with Gasteiger partial charge in [0.1, 0.15) is 17.4 Å². The summed E-state index contributed by atoms with van der Waals surface area (Å²) in [4.78, 5) is 4.03. The van der Waals surface area contributed by atoms with E-state index in [1.54, 1.807) is 12.4 Å². The van der Waals surface area contributed by atoms with Crippen LogP contribution in [0.4, 0.5) is 0 Å². The first-order chi connectivity index (χ1) is 8.77. The average molecular weight is 239 g/mol. The molecule has 90 valence electrons. The molecule has 3 rings (SSSR count). The molecular formula is C15H13NO2. The summed E-state index contributed by atoms with van der Waals surface area (Å²) in [5.41, 5.74) is 2.39. The van der Waals surface area contributed by atoms with Crippen molar-refractivity contribution in [3.05, 3.63) is 65.7 Å². The van der Waals surface area contributed by atoms with Crippen molar-refractivity contribution in [1.82, 2.24) is 4.98 Å². The molecule has 0 fully saturated rings. The summed E-state index contributed by atoms with van der Waals surface area (Å²) < 4.78 is 5.66. The number of aromatic nitrogens is 1. The molecule has 1 atom stereocenters. The van der Waals surface area contributed by atoms with Gasteiger partial charge in [0, 0.05) is 28.9 Å². The van der Waals surface area contributed by atoms with Crippen LogP contribution in [0.1, 0.15) is 23.0 Å².